The van der Waals surface area contributed by atoms with Crippen LogP contribution < -0.4 is 0 Å². The molecule has 1 heterocycles. The van der Waals surface area contributed by atoms with Gasteiger partial charge in [0.1, 0.15) is 0 Å². The molecule has 3 rings (SSSR count). The van der Waals surface area contributed by atoms with Gasteiger partial charge in [-0.2, -0.15) is 5.10 Å². The molecule has 1 N–H and O–H groups in total. The van der Waals surface area contributed by atoms with E-state index in [4.69, 9.17) is 0 Å². The molecule has 0 saturated carbocycles. The number of hydrogen-bond donors (Lipinski definition) is 1. The fraction of sp³-hybridized carbons (Fsp3) is 0.375. The van der Waals surface area contributed by atoms with Gasteiger partial charge < -0.3 is 5.11 Å². The highest BCUT2D eigenvalue weighted by atomic mass is 16.4. The largest absolute Gasteiger partial charge is 0.481 e. The smallest absolute Gasteiger partial charge is 0.310 e. The van der Waals surface area contributed by atoms with Crippen LogP contribution in [0.25, 0.3) is 0 Å². The summed E-state index contributed by atoms with van der Waals surface area (Å²) in [7, 11) is 1.90. The van der Waals surface area contributed by atoms with Gasteiger partial charge in [-0.3, -0.25) is 9.48 Å². The van der Waals surface area contributed by atoms with Crippen molar-refractivity contribution in [3.05, 3.63) is 53.3 Å². The molecule has 1 aromatic heterocycles. The zero-order valence-electron chi connectivity index (χ0n) is 11.5. The number of nitrogens with zero attached hydrogens (tertiary/aromatic N) is 2. The Bertz CT molecular complexity index is 620. The van der Waals surface area contributed by atoms with Gasteiger partial charge in [-0.05, 0) is 42.9 Å². The third kappa shape index (κ3) is 2.11. The van der Waals surface area contributed by atoms with Crippen molar-refractivity contribution in [3.8, 4) is 0 Å². The third-order valence-electron chi connectivity index (χ3n) is 4.41. The highest BCUT2D eigenvalue weighted by molar-refractivity contribution is 5.77. The first kappa shape index (κ1) is 12.9. The van der Waals surface area contributed by atoms with E-state index in [0.717, 1.165) is 12.1 Å². The number of fused-ring (bicyclic) bond motifs is 1. The van der Waals surface area contributed by atoms with E-state index in [0.29, 0.717) is 19.3 Å². The first-order valence-electron chi connectivity index (χ1n) is 6.88. The zero-order valence-corrected chi connectivity index (χ0v) is 11.5. The molecule has 0 bridgehead atoms. The van der Waals surface area contributed by atoms with Crippen LogP contribution >= 0.6 is 0 Å². The van der Waals surface area contributed by atoms with E-state index in [-0.39, 0.29) is 0 Å². The Morgan fingerprint density at radius 1 is 1.30 bits per heavy atom. The molecule has 0 atom stereocenters. The summed E-state index contributed by atoms with van der Waals surface area (Å²) < 4.78 is 1.82. The van der Waals surface area contributed by atoms with Gasteiger partial charge in [-0.25, -0.2) is 0 Å². The van der Waals surface area contributed by atoms with E-state index < -0.39 is 11.4 Å². The topological polar surface area (TPSA) is 55.1 Å². The minimum Gasteiger partial charge on any atom is -0.481 e. The second-order valence-electron chi connectivity index (χ2n) is 5.65. The fourth-order valence-electron chi connectivity index (χ4n) is 3.14. The Morgan fingerprint density at radius 2 is 1.95 bits per heavy atom. The number of aromatic nitrogens is 2. The van der Waals surface area contributed by atoms with Gasteiger partial charge in [0.15, 0.2) is 0 Å². The maximum atomic E-state index is 11.8. The lowest BCUT2D eigenvalue weighted by atomic mass is 9.80. The van der Waals surface area contributed by atoms with Crippen LogP contribution in [0.2, 0.25) is 0 Å². The molecule has 0 fully saturated rings. The van der Waals surface area contributed by atoms with Crippen molar-refractivity contribution >= 4 is 5.97 Å². The van der Waals surface area contributed by atoms with Gasteiger partial charge in [0.05, 0.1) is 5.41 Å². The Hall–Kier alpha value is -2.10. The molecule has 0 unspecified atom stereocenters. The summed E-state index contributed by atoms with van der Waals surface area (Å²) in [5, 5.41) is 13.8. The van der Waals surface area contributed by atoms with Crippen molar-refractivity contribution < 1.29 is 9.90 Å². The normalized spacial score (nSPS) is 16.1. The summed E-state index contributed by atoms with van der Waals surface area (Å²) in [4.78, 5) is 11.8. The molecular formula is C16H18N2O2. The summed E-state index contributed by atoms with van der Waals surface area (Å²) in [6.07, 6.45) is 4.42. The number of carbonyl (C=O) groups is 1. The maximum Gasteiger partial charge on any atom is 0.310 e. The molecule has 0 spiro atoms. The second-order valence-corrected chi connectivity index (χ2v) is 5.65. The summed E-state index contributed by atoms with van der Waals surface area (Å²) in [6, 6.07) is 10.0. The quantitative estimate of drug-likeness (QED) is 0.926. The van der Waals surface area contributed by atoms with Crippen LogP contribution in [0.4, 0.5) is 0 Å². The Morgan fingerprint density at radius 3 is 2.45 bits per heavy atom. The zero-order chi connectivity index (χ0) is 14.2. The van der Waals surface area contributed by atoms with Crippen molar-refractivity contribution in [1.29, 1.82) is 0 Å². The Balaban J connectivity index is 1.81. The molecule has 1 aliphatic carbocycles. The van der Waals surface area contributed by atoms with Crippen molar-refractivity contribution in [3.63, 3.8) is 0 Å². The first-order chi connectivity index (χ1) is 9.61. The highest BCUT2D eigenvalue weighted by Crippen LogP contribution is 2.40. The number of aryl methyl sites for hydroxylation is 2. The third-order valence-corrected chi connectivity index (χ3v) is 4.41. The fourth-order valence-corrected chi connectivity index (χ4v) is 3.14. The SMILES string of the molecule is Cn1nccc1CCC1(C(=O)O)Cc2ccccc2C1. The van der Waals surface area contributed by atoms with Gasteiger partial charge in [0.2, 0.25) is 0 Å². The Labute approximate surface area is 118 Å². The van der Waals surface area contributed by atoms with Crippen molar-refractivity contribution in [2.24, 2.45) is 12.5 Å². The molecule has 20 heavy (non-hydrogen) atoms. The van der Waals surface area contributed by atoms with E-state index >= 15 is 0 Å². The van der Waals surface area contributed by atoms with Gasteiger partial charge in [-0.1, -0.05) is 24.3 Å². The maximum absolute atomic E-state index is 11.8. The second kappa shape index (κ2) is 4.78. The first-order valence-corrected chi connectivity index (χ1v) is 6.88. The summed E-state index contributed by atoms with van der Waals surface area (Å²) in [5.41, 5.74) is 2.79. The molecule has 104 valence electrons. The number of carboxylic acid groups (broad SMARTS) is 1. The summed E-state index contributed by atoms with van der Waals surface area (Å²) in [6.45, 7) is 0. The standard InChI is InChI=1S/C16H18N2O2/c1-18-14(7-9-17-18)6-8-16(15(19)20)10-12-4-2-3-5-13(12)11-16/h2-5,7,9H,6,8,10-11H2,1H3,(H,19,20). The van der Waals surface area contributed by atoms with Gasteiger partial charge in [0, 0.05) is 18.9 Å². The van der Waals surface area contributed by atoms with Crippen LogP contribution in [0.5, 0.6) is 0 Å². The molecule has 0 radical (unpaired) electrons. The van der Waals surface area contributed by atoms with Crippen LogP contribution in [-0.4, -0.2) is 20.9 Å². The lowest BCUT2D eigenvalue weighted by Gasteiger charge is -2.23. The van der Waals surface area contributed by atoms with Crippen LogP contribution in [0.1, 0.15) is 23.2 Å². The predicted molar refractivity (Wildman–Crippen MR) is 75.4 cm³/mol. The number of aliphatic carboxylic acids is 1. The molecule has 0 aliphatic heterocycles. The van der Waals surface area contributed by atoms with E-state index in [9.17, 15) is 9.90 Å². The van der Waals surface area contributed by atoms with Crippen molar-refractivity contribution in [2.75, 3.05) is 0 Å². The number of rotatable bonds is 4. The number of benzene rings is 1. The lowest BCUT2D eigenvalue weighted by Crippen LogP contribution is -2.32. The minimum atomic E-state index is -0.684. The molecule has 0 amide bonds. The average Bonchev–Trinajstić information content (AvgIpc) is 3.00. The molecule has 2 aromatic rings. The monoisotopic (exact) mass is 270 g/mol. The molecule has 4 nitrogen and oxygen atoms in total. The molecule has 0 saturated heterocycles. The number of carboxylic acids is 1. The van der Waals surface area contributed by atoms with Crippen LogP contribution in [-0.2, 0) is 31.1 Å². The summed E-state index contributed by atoms with van der Waals surface area (Å²) in [5.74, 6) is -0.684. The molecule has 4 heteroatoms. The van der Waals surface area contributed by atoms with E-state index in [1.165, 1.54) is 11.1 Å². The molecule has 1 aliphatic rings. The predicted octanol–water partition coefficient (Wildman–Crippen LogP) is 2.22. The molecule has 1 aromatic carbocycles. The highest BCUT2D eigenvalue weighted by Gasteiger charge is 2.43. The number of hydrogen-bond acceptors (Lipinski definition) is 2. The van der Waals surface area contributed by atoms with Crippen LogP contribution in [0.3, 0.4) is 0 Å². The van der Waals surface area contributed by atoms with Crippen molar-refractivity contribution in [1.82, 2.24) is 9.78 Å². The van der Waals surface area contributed by atoms with E-state index in [2.05, 4.69) is 5.10 Å². The van der Waals surface area contributed by atoms with Crippen molar-refractivity contribution in [2.45, 2.75) is 25.7 Å². The van der Waals surface area contributed by atoms with Crippen LogP contribution in [0, 0.1) is 5.41 Å². The Kier molecular flexibility index (Phi) is 3.08. The van der Waals surface area contributed by atoms with E-state index in [1.54, 1.807) is 6.20 Å². The van der Waals surface area contributed by atoms with Gasteiger partial charge in [-0.15, -0.1) is 0 Å². The van der Waals surface area contributed by atoms with Gasteiger partial charge in [0.25, 0.3) is 0 Å². The summed E-state index contributed by atoms with van der Waals surface area (Å²) >= 11 is 0. The van der Waals surface area contributed by atoms with Crippen LogP contribution in [0.15, 0.2) is 36.5 Å². The van der Waals surface area contributed by atoms with E-state index in [1.807, 2.05) is 42.1 Å². The van der Waals surface area contributed by atoms with Gasteiger partial charge >= 0.3 is 5.97 Å². The average molecular weight is 270 g/mol. The lowest BCUT2D eigenvalue weighted by molar-refractivity contribution is -0.148. The molecular weight excluding hydrogens is 252 g/mol. The minimum absolute atomic E-state index is 0.635.